The summed E-state index contributed by atoms with van der Waals surface area (Å²) in [5.41, 5.74) is 0.591. The summed E-state index contributed by atoms with van der Waals surface area (Å²) < 4.78 is 11.6. The van der Waals surface area contributed by atoms with E-state index in [2.05, 4.69) is 6.92 Å². The smallest absolute Gasteiger partial charge is 0.0688 e. The minimum Gasteiger partial charge on any atom is -0.381 e. The van der Waals surface area contributed by atoms with Crippen LogP contribution in [-0.4, -0.2) is 25.9 Å². The van der Waals surface area contributed by atoms with E-state index in [0.29, 0.717) is 11.5 Å². The molecule has 0 bridgehead atoms. The van der Waals surface area contributed by atoms with E-state index in [1.165, 1.54) is 6.42 Å². The molecule has 0 aromatic rings. The third kappa shape index (κ3) is 0.632. The van der Waals surface area contributed by atoms with Crippen molar-refractivity contribution in [3.05, 3.63) is 0 Å². The van der Waals surface area contributed by atoms with E-state index < -0.39 is 0 Å². The lowest BCUT2D eigenvalue weighted by molar-refractivity contribution is -0.285. The highest BCUT2D eigenvalue weighted by Crippen LogP contribution is 2.80. The second-order valence-corrected chi connectivity index (χ2v) is 6.60. The minimum atomic E-state index is 0.591. The first-order valence-corrected chi connectivity index (χ1v) is 6.53. The standard InChI is InChI=1S/C13H18O2/c1-6-10-8-4-14-5-9(8)13(11(6)10)2-7-3-15-12(7)13/h6-12H,2-5H2,1H3. The lowest BCUT2D eigenvalue weighted by atomic mass is 9.50. The number of rotatable bonds is 0. The molecule has 2 heteroatoms. The Morgan fingerprint density at radius 1 is 1.20 bits per heavy atom. The molecule has 8 atom stereocenters. The predicted molar refractivity (Wildman–Crippen MR) is 54.2 cm³/mol. The SMILES string of the molecule is CC1C2C3COCC3C3(CC4COC43)C12. The van der Waals surface area contributed by atoms with Crippen LogP contribution >= 0.6 is 0 Å². The first-order valence-electron chi connectivity index (χ1n) is 6.53. The quantitative estimate of drug-likeness (QED) is 0.598. The molecule has 0 amide bonds. The molecule has 2 heterocycles. The number of hydrogen-bond acceptors (Lipinski definition) is 2. The zero-order valence-electron chi connectivity index (χ0n) is 9.19. The van der Waals surface area contributed by atoms with Crippen LogP contribution in [0.4, 0.5) is 0 Å². The summed E-state index contributed by atoms with van der Waals surface area (Å²) in [6.07, 6.45) is 2.11. The maximum absolute atomic E-state index is 5.87. The van der Waals surface area contributed by atoms with Crippen LogP contribution in [0.2, 0.25) is 0 Å². The predicted octanol–water partition coefficient (Wildman–Crippen LogP) is 1.55. The fraction of sp³-hybridized carbons (Fsp3) is 1.00. The molecular weight excluding hydrogens is 188 g/mol. The molecule has 15 heavy (non-hydrogen) atoms. The van der Waals surface area contributed by atoms with Gasteiger partial charge in [0, 0.05) is 11.3 Å². The molecule has 2 nitrogen and oxygen atoms in total. The van der Waals surface area contributed by atoms with Gasteiger partial charge < -0.3 is 9.47 Å². The van der Waals surface area contributed by atoms with Crippen molar-refractivity contribution in [2.75, 3.05) is 19.8 Å². The van der Waals surface area contributed by atoms with Gasteiger partial charge in [0.1, 0.15) is 0 Å². The molecule has 5 rings (SSSR count). The molecule has 2 saturated heterocycles. The van der Waals surface area contributed by atoms with Crippen molar-refractivity contribution in [1.82, 2.24) is 0 Å². The molecular formula is C13H18O2. The van der Waals surface area contributed by atoms with Gasteiger partial charge in [-0.2, -0.15) is 0 Å². The Morgan fingerprint density at radius 3 is 2.80 bits per heavy atom. The fourth-order valence-corrected chi connectivity index (χ4v) is 5.94. The Bertz CT molecular complexity index is 341. The summed E-state index contributed by atoms with van der Waals surface area (Å²) in [7, 11) is 0. The van der Waals surface area contributed by atoms with Gasteiger partial charge in [0.15, 0.2) is 0 Å². The van der Waals surface area contributed by atoms with Crippen molar-refractivity contribution in [1.29, 1.82) is 0 Å². The Labute approximate surface area is 90.3 Å². The van der Waals surface area contributed by atoms with Gasteiger partial charge in [0.05, 0.1) is 25.9 Å². The zero-order valence-corrected chi connectivity index (χ0v) is 9.19. The van der Waals surface area contributed by atoms with Crippen molar-refractivity contribution in [2.45, 2.75) is 19.4 Å². The van der Waals surface area contributed by atoms with Gasteiger partial charge in [-0.25, -0.2) is 0 Å². The van der Waals surface area contributed by atoms with E-state index >= 15 is 0 Å². The second kappa shape index (κ2) is 2.14. The van der Waals surface area contributed by atoms with Crippen LogP contribution < -0.4 is 0 Å². The lowest BCUT2D eigenvalue weighted by Crippen LogP contribution is -2.66. The van der Waals surface area contributed by atoms with Crippen LogP contribution in [0.15, 0.2) is 0 Å². The molecule has 0 radical (unpaired) electrons. The summed E-state index contributed by atoms with van der Waals surface area (Å²) in [5.74, 6) is 5.68. The average molecular weight is 206 g/mol. The Kier molecular flexibility index (Phi) is 1.15. The van der Waals surface area contributed by atoms with Crippen LogP contribution in [0.1, 0.15) is 13.3 Å². The molecule has 2 aliphatic heterocycles. The van der Waals surface area contributed by atoms with Gasteiger partial charge in [0.25, 0.3) is 0 Å². The summed E-state index contributed by atoms with van der Waals surface area (Å²) in [6.45, 7) is 5.60. The maximum Gasteiger partial charge on any atom is 0.0688 e. The van der Waals surface area contributed by atoms with Crippen LogP contribution in [0, 0.1) is 40.9 Å². The number of fused-ring (bicyclic) bond motifs is 7. The van der Waals surface area contributed by atoms with Crippen molar-refractivity contribution >= 4 is 0 Å². The average Bonchev–Trinajstić information content (AvgIpc) is 2.64. The topological polar surface area (TPSA) is 18.5 Å². The summed E-state index contributed by atoms with van der Waals surface area (Å²) >= 11 is 0. The van der Waals surface area contributed by atoms with Gasteiger partial charge in [-0.3, -0.25) is 0 Å². The normalized spacial score (nSPS) is 73.0. The largest absolute Gasteiger partial charge is 0.381 e. The van der Waals surface area contributed by atoms with Crippen LogP contribution in [0.3, 0.4) is 0 Å². The highest BCUT2D eigenvalue weighted by Gasteiger charge is 2.80. The number of ether oxygens (including phenoxy) is 2. The molecule has 82 valence electrons. The molecule has 3 aliphatic carbocycles. The second-order valence-electron chi connectivity index (χ2n) is 6.60. The van der Waals surface area contributed by atoms with Crippen molar-refractivity contribution < 1.29 is 9.47 Å². The van der Waals surface area contributed by atoms with Crippen molar-refractivity contribution in [3.8, 4) is 0 Å². The first kappa shape index (κ1) is 8.08. The zero-order chi connectivity index (χ0) is 9.78. The van der Waals surface area contributed by atoms with Crippen molar-refractivity contribution in [3.63, 3.8) is 0 Å². The van der Waals surface area contributed by atoms with Gasteiger partial charge in [-0.1, -0.05) is 6.92 Å². The molecule has 0 N–H and O–H groups in total. The molecule has 5 aliphatic rings. The minimum absolute atomic E-state index is 0.591. The van der Waals surface area contributed by atoms with Gasteiger partial charge >= 0.3 is 0 Å². The van der Waals surface area contributed by atoms with Gasteiger partial charge in [-0.05, 0) is 36.0 Å². The van der Waals surface area contributed by atoms with Crippen LogP contribution in [0.25, 0.3) is 0 Å². The third-order valence-corrected chi connectivity index (χ3v) is 6.44. The van der Waals surface area contributed by atoms with E-state index in [-0.39, 0.29) is 0 Å². The van der Waals surface area contributed by atoms with Gasteiger partial charge in [0.2, 0.25) is 0 Å². The molecule has 0 aromatic heterocycles. The van der Waals surface area contributed by atoms with E-state index in [0.717, 1.165) is 55.3 Å². The van der Waals surface area contributed by atoms with E-state index in [1.807, 2.05) is 0 Å². The molecule has 0 aromatic carbocycles. The highest BCUT2D eigenvalue weighted by atomic mass is 16.5. The monoisotopic (exact) mass is 206 g/mol. The fourth-order valence-electron chi connectivity index (χ4n) is 5.94. The highest BCUT2D eigenvalue weighted by molar-refractivity contribution is 5.27. The Morgan fingerprint density at radius 2 is 2.13 bits per heavy atom. The maximum atomic E-state index is 5.87. The van der Waals surface area contributed by atoms with Crippen molar-refractivity contribution in [2.24, 2.45) is 40.9 Å². The summed E-state index contributed by atoms with van der Waals surface area (Å²) in [6, 6.07) is 0. The van der Waals surface area contributed by atoms with Gasteiger partial charge in [-0.15, -0.1) is 0 Å². The third-order valence-electron chi connectivity index (χ3n) is 6.44. The summed E-state index contributed by atoms with van der Waals surface area (Å²) in [5, 5.41) is 0. The van der Waals surface area contributed by atoms with E-state index in [4.69, 9.17) is 9.47 Å². The molecule has 3 saturated carbocycles. The Hall–Kier alpha value is -0.0800. The van der Waals surface area contributed by atoms with E-state index in [1.54, 1.807) is 0 Å². The first-order chi connectivity index (χ1) is 7.34. The number of hydrogen-bond donors (Lipinski definition) is 0. The molecule has 8 unspecified atom stereocenters. The van der Waals surface area contributed by atoms with E-state index in [9.17, 15) is 0 Å². The van der Waals surface area contributed by atoms with Crippen LogP contribution in [0.5, 0.6) is 0 Å². The Balaban J connectivity index is 1.59. The lowest BCUT2D eigenvalue weighted by Gasteiger charge is -2.63. The molecule has 5 fully saturated rings. The van der Waals surface area contributed by atoms with Crippen LogP contribution in [-0.2, 0) is 9.47 Å². The summed E-state index contributed by atoms with van der Waals surface area (Å²) in [4.78, 5) is 0. The molecule has 1 spiro atoms.